The van der Waals surface area contributed by atoms with Crippen LogP contribution >= 0.6 is 0 Å². The summed E-state index contributed by atoms with van der Waals surface area (Å²) < 4.78 is 0. The van der Waals surface area contributed by atoms with Gasteiger partial charge in [0.15, 0.2) is 0 Å². The van der Waals surface area contributed by atoms with E-state index in [9.17, 15) is 5.11 Å². The molecule has 0 aliphatic rings. The Kier molecular flexibility index (Phi) is 6.01. The fourth-order valence-corrected chi connectivity index (χ4v) is 1.88. The summed E-state index contributed by atoms with van der Waals surface area (Å²) in [5.74, 6) is 0.303. The first kappa shape index (κ1) is 14.0. The van der Waals surface area contributed by atoms with E-state index in [1.807, 2.05) is 19.1 Å². The molecule has 0 aromatic heterocycles. The third-order valence-electron chi connectivity index (χ3n) is 2.89. The van der Waals surface area contributed by atoms with E-state index < -0.39 is 0 Å². The summed E-state index contributed by atoms with van der Waals surface area (Å²) >= 11 is 0. The van der Waals surface area contributed by atoms with Crippen LogP contribution in [0.15, 0.2) is 24.3 Å². The van der Waals surface area contributed by atoms with E-state index in [0.717, 1.165) is 25.8 Å². The lowest BCUT2D eigenvalue weighted by Gasteiger charge is -2.17. The summed E-state index contributed by atoms with van der Waals surface area (Å²) in [6.07, 6.45) is 2.61. The van der Waals surface area contributed by atoms with E-state index in [2.05, 4.69) is 12.2 Å². The highest BCUT2D eigenvalue weighted by atomic mass is 16.3. The van der Waals surface area contributed by atoms with Gasteiger partial charge in [-0.2, -0.15) is 0 Å². The van der Waals surface area contributed by atoms with E-state index in [1.165, 1.54) is 5.56 Å². The molecule has 3 nitrogen and oxygen atoms in total. The van der Waals surface area contributed by atoms with Crippen LogP contribution < -0.4 is 5.32 Å². The van der Waals surface area contributed by atoms with Gasteiger partial charge in [-0.3, -0.25) is 0 Å². The Balaban J connectivity index is 2.40. The van der Waals surface area contributed by atoms with Crippen LogP contribution in [0.4, 0.5) is 0 Å². The van der Waals surface area contributed by atoms with E-state index >= 15 is 0 Å². The Labute approximate surface area is 103 Å². The van der Waals surface area contributed by atoms with E-state index in [1.54, 1.807) is 12.1 Å². The molecule has 2 unspecified atom stereocenters. The highest BCUT2D eigenvalue weighted by Crippen LogP contribution is 2.19. The fourth-order valence-electron chi connectivity index (χ4n) is 1.88. The number of hydrogen-bond donors (Lipinski definition) is 3. The van der Waals surface area contributed by atoms with Crippen molar-refractivity contribution < 1.29 is 10.2 Å². The van der Waals surface area contributed by atoms with Crippen molar-refractivity contribution in [2.75, 3.05) is 6.54 Å². The summed E-state index contributed by atoms with van der Waals surface area (Å²) in [6, 6.07) is 7.66. The molecule has 0 radical (unpaired) electrons. The summed E-state index contributed by atoms with van der Waals surface area (Å²) in [7, 11) is 0. The molecule has 2 atom stereocenters. The van der Waals surface area contributed by atoms with Gasteiger partial charge in [0.1, 0.15) is 5.75 Å². The zero-order valence-corrected chi connectivity index (χ0v) is 10.7. The van der Waals surface area contributed by atoms with Crippen molar-refractivity contribution in [3.8, 4) is 5.75 Å². The predicted molar refractivity (Wildman–Crippen MR) is 70.1 cm³/mol. The van der Waals surface area contributed by atoms with Crippen molar-refractivity contribution in [3.05, 3.63) is 29.8 Å². The molecule has 1 aromatic rings. The molecule has 0 fully saturated rings. The lowest BCUT2D eigenvalue weighted by Crippen LogP contribution is -2.22. The average Bonchev–Trinajstić information content (AvgIpc) is 2.30. The molecule has 0 aliphatic heterocycles. The highest BCUT2D eigenvalue weighted by molar-refractivity contribution is 5.27. The topological polar surface area (TPSA) is 52.5 Å². The van der Waals surface area contributed by atoms with E-state index in [-0.39, 0.29) is 6.10 Å². The molecule has 0 amide bonds. The first-order valence-electron chi connectivity index (χ1n) is 6.34. The lowest BCUT2D eigenvalue weighted by molar-refractivity contribution is 0.181. The summed E-state index contributed by atoms with van der Waals surface area (Å²) in [5.41, 5.74) is 1.20. The predicted octanol–water partition coefficient (Wildman–Crippen LogP) is 2.59. The number of hydrogen-bond acceptors (Lipinski definition) is 3. The minimum atomic E-state index is -0.217. The molecular weight excluding hydrogens is 214 g/mol. The van der Waals surface area contributed by atoms with Gasteiger partial charge in [0, 0.05) is 6.04 Å². The average molecular weight is 237 g/mol. The molecule has 0 heterocycles. The van der Waals surface area contributed by atoms with Crippen LogP contribution in [0.2, 0.25) is 0 Å². The molecule has 0 saturated carbocycles. The molecule has 0 bridgehead atoms. The van der Waals surface area contributed by atoms with Gasteiger partial charge in [0.05, 0.1) is 6.10 Å². The molecule has 3 heteroatoms. The molecule has 1 aromatic carbocycles. The number of aromatic hydroxyl groups is 1. The zero-order chi connectivity index (χ0) is 12.7. The first-order valence-corrected chi connectivity index (χ1v) is 6.34. The van der Waals surface area contributed by atoms with Crippen LogP contribution in [0.25, 0.3) is 0 Å². The normalized spacial score (nSPS) is 14.5. The molecule has 96 valence electrons. The van der Waals surface area contributed by atoms with E-state index in [4.69, 9.17) is 5.11 Å². The van der Waals surface area contributed by atoms with Gasteiger partial charge in [0.25, 0.3) is 0 Å². The standard InChI is InChI=1S/C14H23NO2/c1-3-14(15-10-4-5-11(2)16)12-6-8-13(17)9-7-12/h6-9,11,14-17H,3-5,10H2,1-2H3. The Morgan fingerprint density at radius 3 is 2.41 bits per heavy atom. The summed E-state index contributed by atoms with van der Waals surface area (Å²) in [4.78, 5) is 0. The van der Waals surface area contributed by atoms with Gasteiger partial charge in [-0.25, -0.2) is 0 Å². The van der Waals surface area contributed by atoms with Crippen LogP contribution in [0.3, 0.4) is 0 Å². The number of phenolic OH excluding ortho intramolecular Hbond substituents is 1. The summed E-state index contributed by atoms with van der Waals surface area (Å²) in [5, 5.41) is 21.9. The maximum absolute atomic E-state index is 9.24. The number of phenols is 1. The second kappa shape index (κ2) is 7.30. The Hall–Kier alpha value is -1.06. The van der Waals surface area contributed by atoms with Crippen LogP contribution in [0, 0.1) is 0 Å². The number of aliphatic hydroxyl groups excluding tert-OH is 1. The highest BCUT2D eigenvalue weighted by Gasteiger charge is 2.08. The molecular formula is C14H23NO2. The van der Waals surface area contributed by atoms with Crippen molar-refractivity contribution in [3.63, 3.8) is 0 Å². The SMILES string of the molecule is CCC(NCCCC(C)O)c1ccc(O)cc1. The van der Waals surface area contributed by atoms with Gasteiger partial charge in [0.2, 0.25) is 0 Å². The molecule has 1 rings (SSSR count). The first-order chi connectivity index (χ1) is 8.13. The number of aliphatic hydroxyl groups is 1. The van der Waals surface area contributed by atoms with Gasteiger partial charge in [-0.1, -0.05) is 19.1 Å². The third kappa shape index (κ3) is 5.20. The minimum Gasteiger partial charge on any atom is -0.508 e. The Bertz CT molecular complexity index is 309. The molecule has 0 saturated heterocycles. The molecule has 17 heavy (non-hydrogen) atoms. The molecule has 3 N–H and O–H groups in total. The van der Waals surface area contributed by atoms with Gasteiger partial charge in [-0.15, -0.1) is 0 Å². The van der Waals surface area contributed by atoms with Crippen molar-refractivity contribution in [1.82, 2.24) is 5.32 Å². The minimum absolute atomic E-state index is 0.217. The number of benzene rings is 1. The van der Waals surface area contributed by atoms with Crippen molar-refractivity contribution >= 4 is 0 Å². The third-order valence-corrected chi connectivity index (χ3v) is 2.89. The molecule has 0 spiro atoms. The largest absolute Gasteiger partial charge is 0.508 e. The zero-order valence-electron chi connectivity index (χ0n) is 10.7. The Morgan fingerprint density at radius 2 is 1.88 bits per heavy atom. The van der Waals surface area contributed by atoms with Crippen LogP contribution in [-0.2, 0) is 0 Å². The molecule has 0 aliphatic carbocycles. The maximum atomic E-state index is 9.24. The van der Waals surface area contributed by atoms with Gasteiger partial charge >= 0.3 is 0 Å². The monoisotopic (exact) mass is 237 g/mol. The second-order valence-electron chi connectivity index (χ2n) is 4.50. The van der Waals surface area contributed by atoms with Gasteiger partial charge in [-0.05, 0) is 50.4 Å². The van der Waals surface area contributed by atoms with Crippen molar-refractivity contribution in [2.45, 2.75) is 45.3 Å². The number of nitrogens with one attached hydrogen (secondary N) is 1. The van der Waals surface area contributed by atoms with E-state index in [0.29, 0.717) is 11.8 Å². The quantitative estimate of drug-likeness (QED) is 0.639. The second-order valence-corrected chi connectivity index (χ2v) is 4.50. The van der Waals surface area contributed by atoms with Crippen molar-refractivity contribution in [1.29, 1.82) is 0 Å². The fraction of sp³-hybridized carbons (Fsp3) is 0.571. The van der Waals surface area contributed by atoms with Gasteiger partial charge < -0.3 is 15.5 Å². The van der Waals surface area contributed by atoms with Crippen LogP contribution in [0.5, 0.6) is 5.75 Å². The summed E-state index contributed by atoms with van der Waals surface area (Å²) in [6.45, 7) is 4.86. The van der Waals surface area contributed by atoms with Crippen LogP contribution in [-0.4, -0.2) is 22.9 Å². The maximum Gasteiger partial charge on any atom is 0.115 e. The van der Waals surface area contributed by atoms with Crippen LogP contribution in [0.1, 0.15) is 44.7 Å². The lowest BCUT2D eigenvalue weighted by atomic mass is 10.0. The Morgan fingerprint density at radius 1 is 1.24 bits per heavy atom. The smallest absolute Gasteiger partial charge is 0.115 e. The number of rotatable bonds is 7. The van der Waals surface area contributed by atoms with Crippen molar-refractivity contribution in [2.24, 2.45) is 0 Å².